The van der Waals surface area contributed by atoms with Crippen LogP contribution in [0.25, 0.3) is 0 Å². The number of hydrogen-bond donors (Lipinski definition) is 1. The highest BCUT2D eigenvalue weighted by molar-refractivity contribution is 5.84. The number of esters is 1. The summed E-state index contributed by atoms with van der Waals surface area (Å²) in [5.74, 6) is -0.252. The van der Waals surface area contributed by atoms with Crippen molar-refractivity contribution in [1.29, 1.82) is 0 Å². The lowest BCUT2D eigenvalue weighted by Crippen LogP contribution is -2.44. The summed E-state index contributed by atoms with van der Waals surface area (Å²) in [6.45, 7) is 7.17. The zero-order chi connectivity index (χ0) is 18.2. The Balaban J connectivity index is 2.56. The Hall–Kier alpha value is -1.59. The molecule has 1 amide bonds. The van der Waals surface area contributed by atoms with Gasteiger partial charge in [0.25, 0.3) is 0 Å². The number of nitrogens with one attached hydrogen (secondary N) is 1. The SMILES string of the molecule is CCOC(=O)[C@@H](CCC(=O)C1CCCCC1)NC(=O)OC(C)(C)C. The standard InChI is InChI=1S/C18H31NO5/c1-5-23-16(21)14(19-17(22)24-18(2,3)4)11-12-15(20)13-9-7-6-8-10-13/h13-14H,5-12H2,1-4H3,(H,19,22)/t14-/m1/s1. The molecule has 0 radical (unpaired) electrons. The summed E-state index contributed by atoms with van der Waals surface area (Å²) >= 11 is 0. The third-order valence-corrected chi connectivity index (χ3v) is 4.00. The minimum Gasteiger partial charge on any atom is -0.464 e. The number of amides is 1. The molecule has 0 spiro atoms. The highest BCUT2D eigenvalue weighted by atomic mass is 16.6. The van der Waals surface area contributed by atoms with E-state index in [4.69, 9.17) is 9.47 Å². The summed E-state index contributed by atoms with van der Waals surface area (Å²) < 4.78 is 10.2. The molecule has 138 valence electrons. The molecule has 1 aliphatic rings. The second kappa shape index (κ2) is 9.64. The summed E-state index contributed by atoms with van der Waals surface area (Å²) in [6.07, 6.45) is 5.07. The van der Waals surface area contributed by atoms with Gasteiger partial charge in [-0.15, -0.1) is 0 Å². The van der Waals surface area contributed by atoms with Crippen molar-refractivity contribution in [1.82, 2.24) is 5.32 Å². The number of ether oxygens (including phenoxy) is 2. The summed E-state index contributed by atoms with van der Waals surface area (Å²) in [5.41, 5.74) is -0.652. The van der Waals surface area contributed by atoms with Crippen LogP contribution in [0.2, 0.25) is 0 Å². The Morgan fingerprint density at radius 3 is 2.29 bits per heavy atom. The van der Waals surface area contributed by atoms with Gasteiger partial charge in [-0.25, -0.2) is 9.59 Å². The molecular formula is C18H31NO5. The Labute approximate surface area is 144 Å². The monoisotopic (exact) mass is 341 g/mol. The van der Waals surface area contributed by atoms with E-state index in [1.807, 2.05) is 0 Å². The molecule has 0 aliphatic heterocycles. The molecule has 0 aromatic rings. The van der Waals surface area contributed by atoms with Crippen molar-refractivity contribution in [2.75, 3.05) is 6.61 Å². The average Bonchev–Trinajstić information content (AvgIpc) is 2.50. The van der Waals surface area contributed by atoms with Crippen LogP contribution in [0.5, 0.6) is 0 Å². The zero-order valence-corrected chi connectivity index (χ0v) is 15.4. The summed E-state index contributed by atoms with van der Waals surface area (Å²) in [5, 5.41) is 2.53. The Kier molecular flexibility index (Phi) is 8.22. The van der Waals surface area contributed by atoms with Crippen molar-refractivity contribution in [2.24, 2.45) is 5.92 Å². The molecule has 0 unspecified atom stereocenters. The highest BCUT2D eigenvalue weighted by Crippen LogP contribution is 2.25. The normalized spacial score (nSPS) is 17.0. The molecule has 0 bridgehead atoms. The number of Topliss-reactive ketones (excluding diaryl/α,β-unsaturated/α-hetero) is 1. The lowest BCUT2D eigenvalue weighted by atomic mass is 9.84. The lowest BCUT2D eigenvalue weighted by Gasteiger charge is -2.24. The molecule has 1 N–H and O–H groups in total. The van der Waals surface area contributed by atoms with Crippen molar-refractivity contribution in [3.05, 3.63) is 0 Å². The van der Waals surface area contributed by atoms with Crippen LogP contribution in [0.1, 0.15) is 72.6 Å². The predicted octanol–water partition coefficient (Wildman–Crippen LogP) is 3.37. The van der Waals surface area contributed by atoms with Gasteiger partial charge < -0.3 is 14.8 Å². The van der Waals surface area contributed by atoms with Crippen molar-refractivity contribution >= 4 is 17.8 Å². The van der Waals surface area contributed by atoms with Gasteiger partial charge in [0.15, 0.2) is 0 Å². The van der Waals surface area contributed by atoms with Crippen LogP contribution in [-0.2, 0) is 19.1 Å². The molecule has 1 aliphatic carbocycles. The first kappa shape index (κ1) is 20.5. The third-order valence-electron chi connectivity index (χ3n) is 4.00. The second-order valence-electron chi connectivity index (χ2n) is 7.29. The van der Waals surface area contributed by atoms with Crippen LogP contribution in [-0.4, -0.2) is 36.1 Å². The number of hydrogen-bond acceptors (Lipinski definition) is 5. The van der Waals surface area contributed by atoms with Gasteiger partial charge in [0.05, 0.1) is 6.61 Å². The maximum absolute atomic E-state index is 12.3. The Morgan fingerprint density at radius 1 is 1.12 bits per heavy atom. The Morgan fingerprint density at radius 2 is 1.75 bits per heavy atom. The quantitative estimate of drug-likeness (QED) is 0.718. The van der Waals surface area contributed by atoms with E-state index in [0.29, 0.717) is 0 Å². The van der Waals surface area contributed by atoms with Gasteiger partial charge in [-0.1, -0.05) is 19.3 Å². The van der Waals surface area contributed by atoms with E-state index in [1.54, 1.807) is 27.7 Å². The minimum absolute atomic E-state index is 0.100. The lowest BCUT2D eigenvalue weighted by molar-refractivity contribution is -0.146. The maximum atomic E-state index is 12.3. The molecule has 0 saturated heterocycles. The van der Waals surface area contributed by atoms with E-state index >= 15 is 0 Å². The molecule has 1 rings (SSSR count). The third kappa shape index (κ3) is 7.79. The number of ketones is 1. The Bertz CT molecular complexity index is 435. The number of carbonyl (C=O) groups excluding carboxylic acids is 3. The van der Waals surface area contributed by atoms with E-state index in [0.717, 1.165) is 25.7 Å². The van der Waals surface area contributed by atoms with Crippen LogP contribution in [0.3, 0.4) is 0 Å². The van der Waals surface area contributed by atoms with Gasteiger partial charge >= 0.3 is 12.1 Å². The van der Waals surface area contributed by atoms with Crippen LogP contribution in [0.4, 0.5) is 4.79 Å². The molecular weight excluding hydrogens is 310 g/mol. The smallest absolute Gasteiger partial charge is 0.408 e. The fraction of sp³-hybridized carbons (Fsp3) is 0.833. The largest absolute Gasteiger partial charge is 0.464 e. The number of carbonyl (C=O) groups is 3. The molecule has 0 aromatic heterocycles. The van der Waals surface area contributed by atoms with Gasteiger partial charge in [-0.05, 0) is 47.0 Å². The molecule has 1 atom stereocenters. The fourth-order valence-electron chi connectivity index (χ4n) is 2.86. The van der Waals surface area contributed by atoms with Gasteiger partial charge in [-0.2, -0.15) is 0 Å². The first-order chi connectivity index (χ1) is 11.2. The van der Waals surface area contributed by atoms with Crippen LogP contribution in [0, 0.1) is 5.92 Å². The van der Waals surface area contributed by atoms with E-state index in [1.165, 1.54) is 6.42 Å². The van der Waals surface area contributed by atoms with Crippen molar-refractivity contribution < 1.29 is 23.9 Å². The van der Waals surface area contributed by atoms with Gasteiger partial charge in [0, 0.05) is 12.3 Å². The van der Waals surface area contributed by atoms with Crippen LogP contribution >= 0.6 is 0 Å². The van der Waals surface area contributed by atoms with Gasteiger partial charge in [0.2, 0.25) is 0 Å². The number of rotatable bonds is 7. The molecule has 6 nitrogen and oxygen atoms in total. The summed E-state index contributed by atoms with van der Waals surface area (Å²) in [4.78, 5) is 36.2. The van der Waals surface area contributed by atoms with E-state index in [9.17, 15) is 14.4 Å². The van der Waals surface area contributed by atoms with Crippen molar-refractivity contribution in [3.8, 4) is 0 Å². The van der Waals surface area contributed by atoms with Crippen LogP contribution in [0.15, 0.2) is 0 Å². The summed E-state index contributed by atoms with van der Waals surface area (Å²) in [6, 6.07) is -0.854. The predicted molar refractivity (Wildman–Crippen MR) is 90.6 cm³/mol. The van der Waals surface area contributed by atoms with E-state index in [-0.39, 0.29) is 31.1 Å². The fourth-order valence-corrected chi connectivity index (χ4v) is 2.86. The first-order valence-electron chi connectivity index (χ1n) is 8.91. The van der Waals surface area contributed by atoms with Crippen molar-refractivity contribution in [2.45, 2.75) is 84.3 Å². The average molecular weight is 341 g/mol. The zero-order valence-electron chi connectivity index (χ0n) is 15.4. The molecule has 0 heterocycles. The summed E-state index contributed by atoms with van der Waals surface area (Å²) in [7, 11) is 0. The molecule has 6 heteroatoms. The topological polar surface area (TPSA) is 81.7 Å². The molecule has 1 fully saturated rings. The maximum Gasteiger partial charge on any atom is 0.408 e. The number of alkyl carbamates (subject to hydrolysis) is 1. The molecule has 24 heavy (non-hydrogen) atoms. The molecule has 1 saturated carbocycles. The van der Waals surface area contributed by atoms with Gasteiger partial charge in [-0.3, -0.25) is 4.79 Å². The van der Waals surface area contributed by atoms with Crippen molar-refractivity contribution in [3.63, 3.8) is 0 Å². The van der Waals surface area contributed by atoms with E-state index < -0.39 is 23.7 Å². The van der Waals surface area contributed by atoms with Gasteiger partial charge in [0.1, 0.15) is 17.4 Å². The highest BCUT2D eigenvalue weighted by Gasteiger charge is 2.28. The minimum atomic E-state index is -0.854. The van der Waals surface area contributed by atoms with Crippen LogP contribution < -0.4 is 5.32 Å². The van der Waals surface area contributed by atoms with E-state index in [2.05, 4.69) is 5.32 Å². The second-order valence-corrected chi connectivity index (χ2v) is 7.29. The first-order valence-corrected chi connectivity index (χ1v) is 8.91. The molecule has 0 aromatic carbocycles.